The first-order chi connectivity index (χ1) is 18.1. The van der Waals surface area contributed by atoms with Crippen LogP contribution in [-0.4, -0.2) is 57.4 Å². The molecule has 1 amide bonds. The van der Waals surface area contributed by atoms with E-state index in [9.17, 15) is 9.18 Å². The van der Waals surface area contributed by atoms with E-state index in [1.165, 1.54) is 12.1 Å². The Morgan fingerprint density at radius 2 is 1.92 bits per heavy atom. The number of amides is 1. The van der Waals surface area contributed by atoms with Crippen molar-refractivity contribution in [2.75, 3.05) is 25.0 Å². The molecule has 1 aliphatic heterocycles. The van der Waals surface area contributed by atoms with Gasteiger partial charge in [0, 0.05) is 32.1 Å². The van der Waals surface area contributed by atoms with Crippen LogP contribution in [0.1, 0.15) is 32.8 Å². The van der Waals surface area contributed by atoms with Crippen LogP contribution in [-0.2, 0) is 11.3 Å². The Bertz CT molecular complexity index is 1430. The molecule has 0 N–H and O–H groups in total. The number of hydrogen-bond donors (Lipinski definition) is 0. The number of rotatable bonds is 6. The number of carbonyl (C=O) groups is 1. The number of nitrogens with zero attached hydrogens (tertiary/aromatic N) is 5. The first kappa shape index (κ1) is 25.5. The van der Waals surface area contributed by atoms with E-state index in [1.54, 1.807) is 17.2 Å². The molecule has 8 nitrogen and oxygen atoms in total. The zero-order chi connectivity index (χ0) is 26.9. The lowest BCUT2D eigenvalue weighted by Gasteiger charge is -2.24. The fraction of sp³-hybridized carbons (Fsp3) is 0.345. The summed E-state index contributed by atoms with van der Waals surface area (Å²) < 4.78 is 27.0. The molecule has 5 rings (SSSR count). The molecule has 1 fully saturated rings. The number of anilines is 1. The third kappa shape index (κ3) is 5.88. The molecule has 0 bridgehead atoms. The summed E-state index contributed by atoms with van der Waals surface area (Å²) in [7, 11) is 1.93. The molecule has 38 heavy (non-hydrogen) atoms. The van der Waals surface area contributed by atoms with Crippen molar-refractivity contribution >= 4 is 17.6 Å². The van der Waals surface area contributed by atoms with E-state index in [1.807, 2.05) is 79.7 Å². The van der Waals surface area contributed by atoms with E-state index in [4.69, 9.17) is 14.6 Å². The number of likely N-dealkylation sites (tertiary alicyclic amines) is 1. The summed E-state index contributed by atoms with van der Waals surface area (Å²) in [5, 5.41) is 4.79. The number of imidazole rings is 1. The van der Waals surface area contributed by atoms with E-state index in [2.05, 4.69) is 4.98 Å². The summed E-state index contributed by atoms with van der Waals surface area (Å²) in [5.74, 6) is 1.23. The SMILES string of the molecule is CN(Cc1cccc(F)c1)c1ccc2ncc(-c3ccc(O[C@@H]4CCN(C(=O)OC(C)(C)C)C4)cc3)n2n1. The van der Waals surface area contributed by atoms with Crippen LogP contribution in [0.3, 0.4) is 0 Å². The third-order valence-electron chi connectivity index (χ3n) is 6.30. The quantitative estimate of drug-likeness (QED) is 0.334. The second-order valence-electron chi connectivity index (χ2n) is 10.6. The zero-order valence-corrected chi connectivity index (χ0v) is 22.1. The molecular formula is C29H32FN5O3. The fourth-order valence-corrected chi connectivity index (χ4v) is 4.47. The van der Waals surface area contributed by atoms with Gasteiger partial charge in [-0.25, -0.2) is 18.7 Å². The molecule has 0 unspecified atom stereocenters. The number of benzene rings is 2. The van der Waals surface area contributed by atoms with Gasteiger partial charge in [0.2, 0.25) is 0 Å². The second kappa shape index (κ2) is 10.3. The van der Waals surface area contributed by atoms with E-state index in [-0.39, 0.29) is 18.0 Å². The molecule has 2 aromatic heterocycles. The number of hydrogen-bond acceptors (Lipinski definition) is 6. The molecule has 9 heteroatoms. The zero-order valence-electron chi connectivity index (χ0n) is 22.1. The van der Waals surface area contributed by atoms with E-state index >= 15 is 0 Å². The highest BCUT2D eigenvalue weighted by Gasteiger charge is 2.30. The van der Waals surface area contributed by atoms with Crippen LogP contribution in [0.5, 0.6) is 5.75 Å². The van der Waals surface area contributed by atoms with Crippen LogP contribution in [0.15, 0.2) is 66.9 Å². The number of carbonyl (C=O) groups excluding carboxylic acids is 1. The van der Waals surface area contributed by atoms with Crippen molar-refractivity contribution in [3.63, 3.8) is 0 Å². The van der Waals surface area contributed by atoms with Crippen molar-refractivity contribution in [1.82, 2.24) is 19.5 Å². The largest absolute Gasteiger partial charge is 0.489 e. The summed E-state index contributed by atoms with van der Waals surface area (Å²) in [6.07, 6.45) is 2.16. The molecule has 4 aromatic rings. The van der Waals surface area contributed by atoms with Crippen LogP contribution in [0.4, 0.5) is 15.0 Å². The van der Waals surface area contributed by atoms with Crippen molar-refractivity contribution in [2.45, 2.75) is 45.4 Å². The third-order valence-corrected chi connectivity index (χ3v) is 6.30. The number of ether oxygens (including phenoxy) is 2. The van der Waals surface area contributed by atoms with Gasteiger partial charge in [-0.05, 0) is 74.9 Å². The smallest absolute Gasteiger partial charge is 0.410 e. The monoisotopic (exact) mass is 517 g/mol. The molecule has 2 aromatic carbocycles. The average Bonchev–Trinajstić information content (AvgIpc) is 3.50. The summed E-state index contributed by atoms with van der Waals surface area (Å²) >= 11 is 0. The maximum Gasteiger partial charge on any atom is 0.410 e. The van der Waals surface area contributed by atoms with Gasteiger partial charge >= 0.3 is 6.09 Å². The lowest BCUT2D eigenvalue weighted by Crippen LogP contribution is -2.36. The predicted molar refractivity (Wildman–Crippen MR) is 144 cm³/mol. The van der Waals surface area contributed by atoms with Crippen molar-refractivity contribution in [3.8, 4) is 17.0 Å². The van der Waals surface area contributed by atoms with Gasteiger partial charge in [-0.1, -0.05) is 12.1 Å². The Morgan fingerprint density at radius 1 is 1.13 bits per heavy atom. The second-order valence-corrected chi connectivity index (χ2v) is 10.6. The minimum Gasteiger partial charge on any atom is -0.489 e. The van der Waals surface area contributed by atoms with Crippen LogP contribution in [0, 0.1) is 5.82 Å². The Hall–Kier alpha value is -4.14. The summed E-state index contributed by atoms with van der Waals surface area (Å²) in [4.78, 5) is 20.5. The molecule has 1 aliphatic rings. The van der Waals surface area contributed by atoms with Crippen LogP contribution < -0.4 is 9.64 Å². The molecule has 1 atom stereocenters. The molecule has 3 heterocycles. The van der Waals surface area contributed by atoms with Gasteiger partial charge in [0.25, 0.3) is 0 Å². The van der Waals surface area contributed by atoms with Gasteiger partial charge in [-0.3, -0.25) is 0 Å². The number of aromatic nitrogens is 3. The Kier molecular flexibility index (Phi) is 6.93. The van der Waals surface area contributed by atoms with Gasteiger partial charge in [-0.2, -0.15) is 0 Å². The maximum absolute atomic E-state index is 13.6. The average molecular weight is 518 g/mol. The Balaban J connectivity index is 1.26. The highest BCUT2D eigenvalue weighted by molar-refractivity contribution is 5.68. The molecule has 0 spiro atoms. The minimum atomic E-state index is -0.518. The molecule has 0 aliphatic carbocycles. The summed E-state index contributed by atoms with van der Waals surface area (Å²) in [6.45, 7) is 7.23. The van der Waals surface area contributed by atoms with Crippen molar-refractivity contribution < 1.29 is 18.7 Å². The highest BCUT2D eigenvalue weighted by Crippen LogP contribution is 2.26. The predicted octanol–water partition coefficient (Wildman–Crippen LogP) is 5.56. The van der Waals surface area contributed by atoms with E-state index in [0.29, 0.717) is 19.6 Å². The normalized spacial score (nSPS) is 15.6. The molecule has 0 saturated carbocycles. The van der Waals surface area contributed by atoms with Gasteiger partial charge in [0.15, 0.2) is 5.65 Å². The molecular weight excluding hydrogens is 485 g/mol. The van der Waals surface area contributed by atoms with Crippen molar-refractivity contribution in [1.29, 1.82) is 0 Å². The van der Waals surface area contributed by atoms with Gasteiger partial charge < -0.3 is 19.3 Å². The van der Waals surface area contributed by atoms with E-state index < -0.39 is 5.60 Å². The summed E-state index contributed by atoms with van der Waals surface area (Å²) in [5.41, 5.74) is 2.88. The van der Waals surface area contributed by atoms with Gasteiger partial charge in [0.05, 0.1) is 18.4 Å². The van der Waals surface area contributed by atoms with Crippen LogP contribution in [0.2, 0.25) is 0 Å². The topological polar surface area (TPSA) is 72.2 Å². The highest BCUT2D eigenvalue weighted by atomic mass is 19.1. The lowest BCUT2D eigenvalue weighted by molar-refractivity contribution is 0.0275. The number of halogens is 1. The van der Waals surface area contributed by atoms with Gasteiger partial charge in [0.1, 0.15) is 29.1 Å². The van der Waals surface area contributed by atoms with Crippen LogP contribution >= 0.6 is 0 Å². The lowest BCUT2D eigenvalue weighted by atomic mass is 10.1. The first-order valence-electron chi connectivity index (χ1n) is 12.7. The minimum absolute atomic E-state index is 0.0815. The van der Waals surface area contributed by atoms with Crippen molar-refractivity contribution in [3.05, 3.63) is 78.2 Å². The van der Waals surface area contributed by atoms with Crippen molar-refractivity contribution in [2.24, 2.45) is 0 Å². The molecule has 198 valence electrons. The molecule has 0 radical (unpaired) electrons. The molecule has 1 saturated heterocycles. The summed E-state index contributed by atoms with van der Waals surface area (Å²) in [6, 6.07) is 18.2. The standard InChI is InChI=1S/C29H32FN5O3/c1-29(2,3)38-28(36)34-15-14-24(19-34)37-23-10-8-21(9-11-23)25-17-31-26-12-13-27(32-35(25)26)33(4)18-20-6-5-7-22(30)16-20/h5-13,16-17,24H,14-15,18-19H2,1-4H3/t24-/m1/s1. The Labute approximate surface area is 221 Å². The first-order valence-corrected chi connectivity index (χ1v) is 12.7. The van der Waals surface area contributed by atoms with Gasteiger partial charge in [-0.15, -0.1) is 5.10 Å². The fourth-order valence-electron chi connectivity index (χ4n) is 4.47. The maximum atomic E-state index is 13.6. The number of fused-ring (bicyclic) bond motifs is 1. The van der Waals surface area contributed by atoms with Crippen LogP contribution in [0.25, 0.3) is 16.9 Å². The Morgan fingerprint density at radius 3 is 2.66 bits per heavy atom. The van der Waals surface area contributed by atoms with E-state index in [0.717, 1.165) is 40.5 Å².